The van der Waals surface area contributed by atoms with E-state index in [0.29, 0.717) is 17.1 Å². The molecule has 19 heavy (non-hydrogen) atoms. The normalized spacial score (nSPS) is 10.3. The molecule has 1 amide bonds. The lowest BCUT2D eigenvalue weighted by Crippen LogP contribution is -2.13. The minimum Gasteiger partial charge on any atom is -0.326 e. The van der Waals surface area contributed by atoms with Gasteiger partial charge in [-0.3, -0.25) is 4.79 Å². The molecule has 0 heterocycles. The molecule has 0 spiro atoms. The molecule has 0 radical (unpaired) electrons. The van der Waals surface area contributed by atoms with E-state index in [4.69, 9.17) is 17.3 Å². The van der Waals surface area contributed by atoms with Crippen molar-refractivity contribution in [3.63, 3.8) is 0 Å². The molecule has 2 aromatic carbocycles. The fourth-order valence-corrected chi connectivity index (χ4v) is 1.99. The standard InChI is InChI=1S/C15H15ClN2O/c1-10-5-6-12(16)8-14(10)15(19)18-13-4-2-3-11(7-13)9-17/h2-8H,9,17H2,1H3,(H,18,19). The molecular weight excluding hydrogens is 260 g/mol. The number of aryl methyl sites for hydroxylation is 1. The molecule has 0 bridgehead atoms. The van der Waals surface area contributed by atoms with Gasteiger partial charge in [0.25, 0.3) is 5.91 Å². The van der Waals surface area contributed by atoms with Gasteiger partial charge in [0.2, 0.25) is 0 Å². The van der Waals surface area contributed by atoms with Crippen molar-refractivity contribution in [1.29, 1.82) is 0 Å². The monoisotopic (exact) mass is 274 g/mol. The van der Waals surface area contributed by atoms with E-state index in [-0.39, 0.29) is 5.91 Å². The van der Waals surface area contributed by atoms with E-state index < -0.39 is 0 Å². The van der Waals surface area contributed by atoms with E-state index in [2.05, 4.69) is 5.32 Å². The molecular formula is C15H15ClN2O. The maximum Gasteiger partial charge on any atom is 0.255 e. The molecule has 2 rings (SSSR count). The zero-order valence-corrected chi connectivity index (χ0v) is 11.4. The maximum absolute atomic E-state index is 12.2. The quantitative estimate of drug-likeness (QED) is 0.902. The minimum atomic E-state index is -0.172. The summed E-state index contributed by atoms with van der Waals surface area (Å²) in [4.78, 5) is 12.2. The molecule has 0 saturated carbocycles. The highest BCUT2D eigenvalue weighted by molar-refractivity contribution is 6.31. The predicted octanol–water partition coefficient (Wildman–Crippen LogP) is 3.36. The summed E-state index contributed by atoms with van der Waals surface area (Å²) >= 11 is 5.92. The van der Waals surface area contributed by atoms with Crippen molar-refractivity contribution < 1.29 is 4.79 Å². The summed E-state index contributed by atoms with van der Waals surface area (Å²) in [5, 5.41) is 3.40. The first-order chi connectivity index (χ1) is 9.10. The van der Waals surface area contributed by atoms with E-state index in [1.165, 1.54) is 0 Å². The summed E-state index contributed by atoms with van der Waals surface area (Å²) in [5.41, 5.74) is 8.74. The van der Waals surface area contributed by atoms with Gasteiger partial charge in [-0.2, -0.15) is 0 Å². The average molecular weight is 275 g/mol. The third-order valence-corrected chi connectivity index (χ3v) is 3.10. The molecule has 0 fully saturated rings. The van der Waals surface area contributed by atoms with Crippen molar-refractivity contribution in [2.45, 2.75) is 13.5 Å². The number of anilines is 1. The van der Waals surface area contributed by atoms with Crippen LogP contribution in [0.25, 0.3) is 0 Å². The SMILES string of the molecule is Cc1ccc(Cl)cc1C(=O)Nc1cccc(CN)c1. The summed E-state index contributed by atoms with van der Waals surface area (Å²) in [5.74, 6) is -0.172. The van der Waals surface area contributed by atoms with Crippen LogP contribution >= 0.6 is 11.6 Å². The van der Waals surface area contributed by atoms with Crippen LogP contribution in [0.1, 0.15) is 21.5 Å². The highest BCUT2D eigenvalue weighted by atomic mass is 35.5. The second kappa shape index (κ2) is 5.87. The zero-order valence-electron chi connectivity index (χ0n) is 10.6. The number of amides is 1. The van der Waals surface area contributed by atoms with Crippen LogP contribution in [-0.4, -0.2) is 5.91 Å². The number of rotatable bonds is 3. The number of carbonyl (C=O) groups excluding carboxylic acids is 1. The lowest BCUT2D eigenvalue weighted by atomic mass is 10.1. The predicted molar refractivity (Wildman–Crippen MR) is 78.5 cm³/mol. The van der Waals surface area contributed by atoms with Crippen LogP contribution in [0.4, 0.5) is 5.69 Å². The Kier molecular flexibility index (Phi) is 4.20. The van der Waals surface area contributed by atoms with Crippen molar-refractivity contribution in [2.75, 3.05) is 5.32 Å². The van der Waals surface area contributed by atoms with E-state index in [0.717, 1.165) is 16.8 Å². The Balaban J connectivity index is 2.23. The molecule has 0 atom stereocenters. The minimum absolute atomic E-state index is 0.172. The Bertz CT molecular complexity index is 611. The number of nitrogens with one attached hydrogen (secondary N) is 1. The molecule has 0 saturated heterocycles. The first-order valence-electron chi connectivity index (χ1n) is 5.96. The van der Waals surface area contributed by atoms with Crippen molar-refractivity contribution in [3.05, 3.63) is 64.2 Å². The van der Waals surface area contributed by atoms with Crippen LogP contribution in [0.2, 0.25) is 5.02 Å². The van der Waals surface area contributed by atoms with Gasteiger partial charge >= 0.3 is 0 Å². The van der Waals surface area contributed by atoms with Crippen molar-refractivity contribution in [2.24, 2.45) is 5.73 Å². The molecule has 0 aliphatic rings. The van der Waals surface area contributed by atoms with Gasteiger partial charge < -0.3 is 11.1 Å². The number of nitrogens with two attached hydrogens (primary N) is 1. The highest BCUT2D eigenvalue weighted by Gasteiger charge is 2.10. The number of benzene rings is 2. The van der Waals surface area contributed by atoms with Gasteiger partial charge in [0.05, 0.1) is 0 Å². The maximum atomic E-state index is 12.2. The van der Waals surface area contributed by atoms with Gasteiger partial charge in [-0.05, 0) is 42.3 Å². The largest absolute Gasteiger partial charge is 0.326 e. The lowest BCUT2D eigenvalue weighted by molar-refractivity contribution is 0.102. The third-order valence-electron chi connectivity index (χ3n) is 2.86. The molecule has 0 aliphatic carbocycles. The van der Waals surface area contributed by atoms with Crippen LogP contribution in [0.15, 0.2) is 42.5 Å². The lowest BCUT2D eigenvalue weighted by Gasteiger charge is -2.09. The topological polar surface area (TPSA) is 55.1 Å². The molecule has 4 heteroatoms. The summed E-state index contributed by atoms with van der Waals surface area (Å²) in [6, 6.07) is 12.7. The second-order valence-electron chi connectivity index (χ2n) is 4.32. The van der Waals surface area contributed by atoms with Gasteiger partial charge in [-0.1, -0.05) is 29.8 Å². The molecule has 2 aromatic rings. The average Bonchev–Trinajstić information content (AvgIpc) is 2.41. The van der Waals surface area contributed by atoms with E-state index >= 15 is 0 Å². The summed E-state index contributed by atoms with van der Waals surface area (Å²) in [6.07, 6.45) is 0. The van der Waals surface area contributed by atoms with E-state index in [9.17, 15) is 4.79 Å². The van der Waals surface area contributed by atoms with Gasteiger partial charge in [0, 0.05) is 22.8 Å². The van der Waals surface area contributed by atoms with E-state index in [1.54, 1.807) is 12.1 Å². The number of carbonyl (C=O) groups is 1. The molecule has 3 nitrogen and oxygen atoms in total. The van der Waals surface area contributed by atoms with E-state index in [1.807, 2.05) is 37.3 Å². The Morgan fingerprint density at radius 2 is 2.05 bits per heavy atom. The zero-order chi connectivity index (χ0) is 13.8. The number of hydrogen-bond donors (Lipinski definition) is 2. The summed E-state index contributed by atoms with van der Waals surface area (Å²) in [7, 11) is 0. The Hall–Kier alpha value is -1.84. The Morgan fingerprint density at radius 3 is 2.79 bits per heavy atom. The number of hydrogen-bond acceptors (Lipinski definition) is 2. The molecule has 0 aliphatic heterocycles. The van der Waals surface area contributed by atoms with Crippen LogP contribution in [-0.2, 0) is 6.54 Å². The fraction of sp³-hybridized carbons (Fsp3) is 0.133. The molecule has 98 valence electrons. The van der Waals surface area contributed by atoms with Crippen LogP contribution < -0.4 is 11.1 Å². The smallest absolute Gasteiger partial charge is 0.255 e. The van der Waals surface area contributed by atoms with Gasteiger partial charge in [-0.15, -0.1) is 0 Å². The molecule has 0 aromatic heterocycles. The molecule has 3 N–H and O–H groups in total. The van der Waals surface area contributed by atoms with Crippen LogP contribution in [0.3, 0.4) is 0 Å². The third kappa shape index (κ3) is 3.34. The Morgan fingerprint density at radius 1 is 1.26 bits per heavy atom. The summed E-state index contributed by atoms with van der Waals surface area (Å²) in [6.45, 7) is 2.32. The van der Waals surface area contributed by atoms with Gasteiger partial charge in [-0.25, -0.2) is 0 Å². The van der Waals surface area contributed by atoms with Crippen molar-refractivity contribution in [1.82, 2.24) is 0 Å². The number of halogens is 1. The fourth-order valence-electron chi connectivity index (χ4n) is 1.81. The highest BCUT2D eigenvalue weighted by Crippen LogP contribution is 2.18. The van der Waals surface area contributed by atoms with Crippen molar-refractivity contribution in [3.8, 4) is 0 Å². The van der Waals surface area contributed by atoms with Gasteiger partial charge in [0.1, 0.15) is 0 Å². The van der Waals surface area contributed by atoms with Crippen LogP contribution in [0.5, 0.6) is 0 Å². The molecule has 0 unspecified atom stereocenters. The summed E-state index contributed by atoms with van der Waals surface area (Å²) < 4.78 is 0. The first kappa shape index (κ1) is 13.6. The second-order valence-corrected chi connectivity index (χ2v) is 4.75. The van der Waals surface area contributed by atoms with Crippen molar-refractivity contribution >= 4 is 23.2 Å². The van der Waals surface area contributed by atoms with Gasteiger partial charge in [0.15, 0.2) is 0 Å². The van der Waals surface area contributed by atoms with Crippen LogP contribution in [0, 0.1) is 6.92 Å². The first-order valence-corrected chi connectivity index (χ1v) is 6.34. The Labute approximate surface area is 117 Å².